The molecule has 0 saturated heterocycles. The summed E-state index contributed by atoms with van der Waals surface area (Å²) in [5.74, 6) is 4.67. The second-order valence-corrected chi connectivity index (χ2v) is 3.81. The van der Waals surface area contributed by atoms with Crippen molar-refractivity contribution in [1.82, 2.24) is 9.99 Å². The second-order valence-electron chi connectivity index (χ2n) is 2.20. The number of nitrogens with zero attached hydrogens (tertiary/aromatic N) is 1. The van der Waals surface area contributed by atoms with E-state index in [2.05, 4.69) is 37.3 Å². The smallest absolute Gasteiger partial charge is 0.281 e. The topological polar surface area (TPSA) is 60.0 Å². The molecule has 0 aliphatic carbocycles. The molecule has 1 aromatic rings. The van der Waals surface area contributed by atoms with Crippen molar-refractivity contribution >= 4 is 50.2 Å². The zero-order chi connectivity index (χ0) is 9.30. The number of carbonyl (C=O) groups excluding carboxylic acids is 1. The standard InChI is InChI=1S/C6H7Br2N3O.ClH/c1-11-4(6(12)10-9)2-3(7)5(11)8;/h2H,9H2,1H3,(H,10,12);1H. The molecule has 4 nitrogen and oxygen atoms in total. The third-order valence-corrected chi connectivity index (χ3v) is 3.58. The van der Waals surface area contributed by atoms with Gasteiger partial charge in [0.1, 0.15) is 5.69 Å². The van der Waals surface area contributed by atoms with E-state index >= 15 is 0 Å². The lowest BCUT2D eigenvalue weighted by atomic mass is 10.4. The van der Waals surface area contributed by atoms with Gasteiger partial charge in [0.05, 0.1) is 9.08 Å². The predicted octanol–water partition coefficient (Wildman–Crippen LogP) is 1.58. The molecule has 0 saturated carbocycles. The summed E-state index contributed by atoms with van der Waals surface area (Å²) in [4.78, 5) is 11.1. The lowest BCUT2D eigenvalue weighted by Crippen LogP contribution is -2.31. The van der Waals surface area contributed by atoms with Crippen LogP contribution in [0.2, 0.25) is 0 Å². The summed E-state index contributed by atoms with van der Waals surface area (Å²) >= 11 is 6.57. The number of amides is 1. The highest BCUT2D eigenvalue weighted by molar-refractivity contribution is 9.13. The van der Waals surface area contributed by atoms with Gasteiger partial charge in [-0.25, -0.2) is 5.84 Å². The number of nitrogen functional groups attached to an aromatic ring is 1. The highest BCUT2D eigenvalue weighted by Crippen LogP contribution is 2.25. The average molecular weight is 333 g/mol. The van der Waals surface area contributed by atoms with Crippen LogP contribution in [0.4, 0.5) is 0 Å². The summed E-state index contributed by atoms with van der Waals surface area (Å²) in [5, 5.41) is 0. The number of aromatic nitrogens is 1. The molecule has 1 amide bonds. The number of nitrogens with two attached hydrogens (primary N) is 1. The Labute approximate surface area is 98.5 Å². The molecule has 0 aromatic carbocycles. The van der Waals surface area contributed by atoms with Crippen molar-refractivity contribution in [3.8, 4) is 0 Å². The van der Waals surface area contributed by atoms with Crippen LogP contribution in [0.5, 0.6) is 0 Å². The van der Waals surface area contributed by atoms with Crippen molar-refractivity contribution in [3.63, 3.8) is 0 Å². The van der Waals surface area contributed by atoms with Gasteiger partial charge in [-0.3, -0.25) is 10.2 Å². The van der Waals surface area contributed by atoms with Gasteiger partial charge in [0.15, 0.2) is 0 Å². The van der Waals surface area contributed by atoms with E-state index in [-0.39, 0.29) is 18.3 Å². The fourth-order valence-corrected chi connectivity index (χ4v) is 1.62. The number of nitrogens with one attached hydrogen (secondary N) is 1. The minimum Gasteiger partial charge on any atom is -0.333 e. The van der Waals surface area contributed by atoms with Crippen LogP contribution in [-0.4, -0.2) is 10.5 Å². The third-order valence-electron chi connectivity index (χ3n) is 1.48. The maximum atomic E-state index is 11.1. The molecule has 0 fully saturated rings. The van der Waals surface area contributed by atoms with Crippen molar-refractivity contribution in [1.29, 1.82) is 0 Å². The molecular weight excluding hydrogens is 325 g/mol. The van der Waals surface area contributed by atoms with Crippen molar-refractivity contribution in [3.05, 3.63) is 20.8 Å². The van der Waals surface area contributed by atoms with Gasteiger partial charge in [0, 0.05) is 7.05 Å². The van der Waals surface area contributed by atoms with E-state index in [1.165, 1.54) is 0 Å². The van der Waals surface area contributed by atoms with Gasteiger partial charge < -0.3 is 4.57 Å². The Hall–Kier alpha value is -0.0400. The molecule has 0 aliphatic rings. The minimum atomic E-state index is -0.316. The van der Waals surface area contributed by atoms with Crippen molar-refractivity contribution in [2.75, 3.05) is 0 Å². The van der Waals surface area contributed by atoms with Gasteiger partial charge >= 0.3 is 0 Å². The predicted molar refractivity (Wildman–Crippen MR) is 59.7 cm³/mol. The first-order valence-corrected chi connectivity index (χ1v) is 4.68. The third kappa shape index (κ3) is 2.46. The SMILES string of the molecule is Cl.Cn1c(C(=O)NN)cc(Br)c1Br. The van der Waals surface area contributed by atoms with Crippen LogP contribution < -0.4 is 11.3 Å². The van der Waals surface area contributed by atoms with E-state index in [1.807, 2.05) is 0 Å². The highest BCUT2D eigenvalue weighted by atomic mass is 79.9. The first-order valence-electron chi connectivity index (χ1n) is 3.09. The molecule has 7 heteroatoms. The molecule has 1 heterocycles. The minimum absolute atomic E-state index is 0. The van der Waals surface area contributed by atoms with Crippen LogP contribution in [-0.2, 0) is 7.05 Å². The summed E-state index contributed by atoms with van der Waals surface area (Å²) in [5.41, 5.74) is 2.56. The van der Waals surface area contributed by atoms with Gasteiger partial charge in [0.2, 0.25) is 0 Å². The molecular formula is C6H8Br2ClN3O. The molecule has 0 atom stereocenters. The van der Waals surface area contributed by atoms with Crippen LogP contribution in [0.15, 0.2) is 15.1 Å². The molecule has 0 bridgehead atoms. The molecule has 0 spiro atoms. The Balaban J connectivity index is 0.00000144. The number of halogens is 3. The highest BCUT2D eigenvalue weighted by Gasteiger charge is 2.13. The zero-order valence-electron chi connectivity index (χ0n) is 6.67. The van der Waals surface area contributed by atoms with E-state index in [0.29, 0.717) is 5.69 Å². The molecule has 3 N–H and O–H groups in total. The lowest BCUT2D eigenvalue weighted by Gasteiger charge is -2.01. The molecule has 13 heavy (non-hydrogen) atoms. The Morgan fingerprint density at radius 2 is 2.15 bits per heavy atom. The monoisotopic (exact) mass is 331 g/mol. The van der Waals surface area contributed by atoms with Crippen LogP contribution in [0.3, 0.4) is 0 Å². The quantitative estimate of drug-likeness (QED) is 0.466. The molecule has 0 unspecified atom stereocenters. The Morgan fingerprint density at radius 3 is 2.46 bits per heavy atom. The van der Waals surface area contributed by atoms with E-state index in [1.54, 1.807) is 17.7 Å². The van der Waals surface area contributed by atoms with Crippen molar-refractivity contribution in [2.24, 2.45) is 12.9 Å². The van der Waals surface area contributed by atoms with Crippen molar-refractivity contribution in [2.45, 2.75) is 0 Å². The lowest BCUT2D eigenvalue weighted by molar-refractivity contribution is 0.0945. The summed E-state index contributed by atoms with van der Waals surface area (Å²) in [6.07, 6.45) is 0. The molecule has 0 radical (unpaired) electrons. The van der Waals surface area contributed by atoms with Gasteiger partial charge in [-0.1, -0.05) is 0 Å². The summed E-state index contributed by atoms with van der Waals surface area (Å²) in [6, 6.07) is 1.69. The number of rotatable bonds is 1. The zero-order valence-corrected chi connectivity index (χ0v) is 10.7. The first-order chi connectivity index (χ1) is 5.57. The van der Waals surface area contributed by atoms with Crippen LogP contribution in [0.1, 0.15) is 10.5 Å². The fourth-order valence-electron chi connectivity index (χ4n) is 0.834. The van der Waals surface area contributed by atoms with Crippen LogP contribution in [0, 0.1) is 0 Å². The van der Waals surface area contributed by atoms with Gasteiger partial charge in [-0.05, 0) is 37.9 Å². The Morgan fingerprint density at radius 1 is 1.62 bits per heavy atom. The normalized spacial score (nSPS) is 9.23. The number of hydrogen-bond acceptors (Lipinski definition) is 2. The number of carbonyl (C=O) groups is 1. The van der Waals surface area contributed by atoms with E-state index in [9.17, 15) is 4.79 Å². The second kappa shape index (κ2) is 4.99. The van der Waals surface area contributed by atoms with Crippen molar-refractivity contribution < 1.29 is 4.79 Å². The summed E-state index contributed by atoms with van der Waals surface area (Å²) in [6.45, 7) is 0. The summed E-state index contributed by atoms with van der Waals surface area (Å²) < 4.78 is 3.32. The molecule has 1 aromatic heterocycles. The van der Waals surface area contributed by atoms with E-state index in [0.717, 1.165) is 9.08 Å². The maximum absolute atomic E-state index is 11.1. The van der Waals surface area contributed by atoms with Crippen LogP contribution in [0.25, 0.3) is 0 Å². The van der Waals surface area contributed by atoms with E-state index in [4.69, 9.17) is 5.84 Å². The first kappa shape index (κ1) is 13.0. The summed E-state index contributed by atoms with van der Waals surface area (Å²) in [7, 11) is 1.76. The fraction of sp³-hybridized carbons (Fsp3) is 0.167. The van der Waals surface area contributed by atoms with E-state index < -0.39 is 0 Å². The molecule has 74 valence electrons. The Kier molecular flexibility index (Phi) is 4.98. The van der Waals surface area contributed by atoms with Crippen LogP contribution >= 0.6 is 44.3 Å². The number of hydrogen-bond donors (Lipinski definition) is 2. The Bertz CT molecular complexity index is 326. The maximum Gasteiger partial charge on any atom is 0.281 e. The molecule has 1 rings (SSSR count). The largest absolute Gasteiger partial charge is 0.333 e. The van der Waals surface area contributed by atoms with Gasteiger partial charge in [-0.15, -0.1) is 12.4 Å². The average Bonchev–Trinajstić information content (AvgIpc) is 2.32. The van der Waals surface area contributed by atoms with Gasteiger partial charge in [-0.2, -0.15) is 0 Å². The molecule has 0 aliphatic heterocycles. The number of hydrazine groups is 1. The van der Waals surface area contributed by atoms with Gasteiger partial charge in [0.25, 0.3) is 5.91 Å².